The first-order valence-corrected chi connectivity index (χ1v) is 8.35. The van der Waals surface area contributed by atoms with E-state index in [-0.39, 0.29) is 6.03 Å². The van der Waals surface area contributed by atoms with Crippen molar-refractivity contribution in [2.75, 3.05) is 18.4 Å². The number of nitrogens with one attached hydrogen (secondary N) is 1. The summed E-state index contributed by atoms with van der Waals surface area (Å²) in [5.41, 5.74) is 2.23. The number of nitrogens with zero attached hydrogens (tertiary/aromatic N) is 3. The molecule has 114 valence electrons. The van der Waals surface area contributed by atoms with Crippen LogP contribution in [-0.4, -0.2) is 34.0 Å². The molecule has 22 heavy (non-hydrogen) atoms. The zero-order valence-electron chi connectivity index (χ0n) is 12.6. The first-order valence-electron chi connectivity index (χ1n) is 7.47. The van der Waals surface area contributed by atoms with Crippen molar-refractivity contribution in [2.24, 2.45) is 17.3 Å². The molecule has 2 aliphatic rings. The minimum absolute atomic E-state index is 0.0323. The van der Waals surface area contributed by atoms with Gasteiger partial charge in [-0.25, -0.2) is 9.78 Å². The lowest BCUT2D eigenvalue weighted by molar-refractivity contribution is 0.209. The number of pyridine rings is 1. The molecule has 0 unspecified atom stereocenters. The molecule has 0 aromatic carbocycles. The van der Waals surface area contributed by atoms with Gasteiger partial charge >= 0.3 is 6.03 Å². The number of urea groups is 1. The van der Waals surface area contributed by atoms with Crippen LogP contribution in [0.5, 0.6) is 0 Å². The molecule has 5 nitrogen and oxygen atoms in total. The number of hydrogen-bond acceptors (Lipinski definition) is 4. The number of fused-ring (bicyclic) bond motifs is 1. The van der Waals surface area contributed by atoms with Gasteiger partial charge in [0.1, 0.15) is 0 Å². The topological polar surface area (TPSA) is 58.1 Å². The van der Waals surface area contributed by atoms with Crippen LogP contribution in [0.2, 0.25) is 0 Å². The second-order valence-electron chi connectivity index (χ2n) is 6.65. The maximum absolute atomic E-state index is 12.3. The Kier molecular flexibility index (Phi) is 2.97. The van der Waals surface area contributed by atoms with E-state index in [0.717, 1.165) is 24.3 Å². The van der Waals surface area contributed by atoms with E-state index in [1.54, 1.807) is 12.4 Å². The number of aromatic nitrogens is 2. The molecule has 1 aliphatic carbocycles. The summed E-state index contributed by atoms with van der Waals surface area (Å²) in [7, 11) is 0. The van der Waals surface area contributed by atoms with Gasteiger partial charge in [-0.2, -0.15) is 0 Å². The molecule has 2 aromatic heterocycles. The van der Waals surface area contributed by atoms with E-state index >= 15 is 0 Å². The zero-order valence-corrected chi connectivity index (χ0v) is 13.4. The van der Waals surface area contributed by atoms with Crippen molar-refractivity contribution in [1.29, 1.82) is 0 Å². The lowest BCUT2D eigenvalue weighted by atomic mass is 10.1. The lowest BCUT2D eigenvalue weighted by Crippen LogP contribution is -2.36. The average molecular weight is 314 g/mol. The molecule has 1 N–H and O–H groups in total. The van der Waals surface area contributed by atoms with Gasteiger partial charge in [-0.1, -0.05) is 13.8 Å². The highest BCUT2D eigenvalue weighted by Crippen LogP contribution is 2.61. The molecular formula is C16H18N4OS. The fourth-order valence-electron chi connectivity index (χ4n) is 3.45. The first kappa shape index (κ1) is 13.7. The number of hydrogen-bond donors (Lipinski definition) is 1. The van der Waals surface area contributed by atoms with Gasteiger partial charge in [0.2, 0.25) is 0 Å². The number of likely N-dealkylation sites (tertiary alicyclic amines) is 1. The molecule has 1 saturated heterocycles. The van der Waals surface area contributed by atoms with Crippen LogP contribution in [0.25, 0.3) is 11.3 Å². The molecule has 0 radical (unpaired) electrons. The van der Waals surface area contributed by atoms with E-state index in [1.807, 2.05) is 22.4 Å². The molecule has 2 amide bonds. The van der Waals surface area contributed by atoms with Crippen molar-refractivity contribution in [3.05, 3.63) is 29.9 Å². The smallest absolute Gasteiger partial charge is 0.323 e. The van der Waals surface area contributed by atoms with E-state index in [0.29, 0.717) is 22.4 Å². The largest absolute Gasteiger partial charge is 0.324 e. The fraction of sp³-hybridized carbons (Fsp3) is 0.438. The third-order valence-electron chi connectivity index (χ3n) is 5.08. The quantitative estimate of drug-likeness (QED) is 0.925. The number of carbonyl (C=O) groups excluding carboxylic acids is 1. The number of rotatable bonds is 2. The van der Waals surface area contributed by atoms with Crippen LogP contribution >= 0.6 is 11.3 Å². The number of amides is 2. The number of thiazole rings is 1. The van der Waals surface area contributed by atoms with Crippen LogP contribution in [-0.2, 0) is 0 Å². The van der Waals surface area contributed by atoms with Crippen molar-refractivity contribution >= 4 is 22.5 Å². The van der Waals surface area contributed by atoms with Gasteiger partial charge in [0, 0.05) is 36.4 Å². The summed E-state index contributed by atoms with van der Waals surface area (Å²) < 4.78 is 0. The molecule has 4 rings (SSSR count). The standard InChI is InChI=1S/C16H18N4OS/c1-16(2)11-7-20(8-12(11)16)15(21)19-14-18-13(9-22-14)10-4-3-5-17-6-10/h3-6,9,11-12H,7-8H2,1-2H3,(H,18,19,21)/t11-,12-/m0/s1. The molecule has 6 heteroatoms. The van der Waals surface area contributed by atoms with E-state index in [9.17, 15) is 4.79 Å². The summed E-state index contributed by atoms with van der Waals surface area (Å²) >= 11 is 1.45. The van der Waals surface area contributed by atoms with Crippen LogP contribution in [0.1, 0.15) is 13.8 Å². The lowest BCUT2D eigenvalue weighted by Gasteiger charge is -2.21. The maximum atomic E-state index is 12.3. The molecular weight excluding hydrogens is 296 g/mol. The van der Waals surface area contributed by atoms with Crippen LogP contribution in [0, 0.1) is 17.3 Å². The fourth-order valence-corrected chi connectivity index (χ4v) is 4.16. The van der Waals surface area contributed by atoms with E-state index < -0.39 is 0 Å². The Morgan fingerprint density at radius 3 is 2.86 bits per heavy atom. The Morgan fingerprint density at radius 2 is 2.18 bits per heavy atom. The second kappa shape index (κ2) is 4.78. The Labute approximate surface area is 133 Å². The number of piperidine rings is 1. The van der Waals surface area contributed by atoms with E-state index in [1.165, 1.54) is 11.3 Å². The summed E-state index contributed by atoms with van der Waals surface area (Å²) in [5, 5.41) is 5.50. The SMILES string of the molecule is CC1(C)[C@H]2CN(C(=O)Nc3nc(-c4cccnc4)cs3)C[C@@H]21. The molecule has 1 aliphatic heterocycles. The summed E-state index contributed by atoms with van der Waals surface area (Å²) in [6.45, 7) is 6.31. The van der Waals surface area contributed by atoms with Crippen molar-refractivity contribution in [3.63, 3.8) is 0 Å². The predicted octanol–water partition coefficient (Wildman–Crippen LogP) is 3.32. The van der Waals surface area contributed by atoms with Crippen molar-refractivity contribution in [3.8, 4) is 11.3 Å². The van der Waals surface area contributed by atoms with Gasteiger partial charge < -0.3 is 4.90 Å². The van der Waals surface area contributed by atoms with E-state index in [2.05, 4.69) is 29.1 Å². The van der Waals surface area contributed by atoms with Crippen LogP contribution in [0.3, 0.4) is 0 Å². The Morgan fingerprint density at radius 1 is 1.41 bits per heavy atom. The minimum Gasteiger partial charge on any atom is -0.324 e. The highest BCUT2D eigenvalue weighted by atomic mass is 32.1. The minimum atomic E-state index is -0.0323. The van der Waals surface area contributed by atoms with Gasteiger partial charge in [0.15, 0.2) is 5.13 Å². The van der Waals surface area contributed by atoms with Crippen molar-refractivity contribution < 1.29 is 4.79 Å². The third-order valence-corrected chi connectivity index (χ3v) is 5.84. The summed E-state index contributed by atoms with van der Waals surface area (Å²) in [5.74, 6) is 1.33. The predicted molar refractivity (Wildman–Crippen MR) is 86.7 cm³/mol. The number of carbonyl (C=O) groups is 1. The molecule has 3 heterocycles. The summed E-state index contributed by atoms with van der Waals surface area (Å²) in [6.07, 6.45) is 3.51. The third kappa shape index (κ3) is 2.18. The molecule has 2 fully saturated rings. The number of anilines is 1. The van der Waals surface area contributed by atoms with Crippen LogP contribution in [0.15, 0.2) is 29.9 Å². The first-order chi connectivity index (χ1) is 10.6. The molecule has 2 aromatic rings. The van der Waals surface area contributed by atoms with Gasteiger partial charge in [-0.15, -0.1) is 11.3 Å². The molecule has 0 spiro atoms. The van der Waals surface area contributed by atoms with Crippen molar-refractivity contribution in [1.82, 2.24) is 14.9 Å². The molecule has 1 saturated carbocycles. The zero-order chi connectivity index (χ0) is 15.3. The van der Waals surface area contributed by atoms with E-state index in [4.69, 9.17) is 0 Å². The Bertz CT molecular complexity index is 698. The van der Waals surface area contributed by atoms with Crippen LogP contribution < -0.4 is 5.32 Å². The van der Waals surface area contributed by atoms with Gasteiger partial charge in [0.25, 0.3) is 0 Å². The molecule has 0 bridgehead atoms. The highest BCUT2D eigenvalue weighted by molar-refractivity contribution is 7.14. The normalized spacial score (nSPS) is 24.9. The second-order valence-corrected chi connectivity index (χ2v) is 7.51. The van der Waals surface area contributed by atoms with Crippen molar-refractivity contribution in [2.45, 2.75) is 13.8 Å². The average Bonchev–Trinajstić information content (AvgIpc) is 2.98. The van der Waals surface area contributed by atoms with Crippen LogP contribution in [0.4, 0.5) is 9.93 Å². The van der Waals surface area contributed by atoms with Gasteiger partial charge in [0.05, 0.1) is 5.69 Å². The summed E-state index contributed by atoms with van der Waals surface area (Å²) in [4.78, 5) is 22.8. The molecule has 2 atom stereocenters. The highest BCUT2D eigenvalue weighted by Gasteiger charge is 2.62. The van der Waals surface area contributed by atoms with Gasteiger partial charge in [-0.05, 0) is 29.4 Å². The van der Waals surface area contributed by atoms with Gasteiger partial charge in [-0.3, -0.25) is 10.3 Å². The maximum Gasteiger partial charge on any atom is 0.323 e. The Balaban J connectivity index is 1.40. The summed E-state index contributed by atoms with van der Waals surface area (Å²) in [6, 6.07) is 3.81. The Hall–Kier alpha value is -1.95. The monoisotopic (exact) mass is 314 g/mol.